The van der Waals surface area contributed by atoms with Gasteiger partial charge in [0.05, 0.1) is 6.61 Å². The van der Waals surface area contributed by atoms with Crippen LogP contribution in [0.4, 0.5) is 0 Å². The van der Waals surface area contributed by atoms with Crippen molar-refractivity contribution in [2.45, 2.75) is 51.9 Å². The molecule has 1 N–H and O–H groups in total. The monoisotopic (exact) mass is 273 g/mol. The van der Waals surface area contributed by atoms with Gasteiger partial charge >= 0.3 is 5.97 Å². The van der Waals surface area contributed by atoms with Crippen molar-refractivity contribution >= 4 is 5.97 Å². The molecule has 3 aliphatic carbocycles. The van der Waals surface area contributed by atoms with E-state index in [1.165, 1.54) is 17.5 Å². The van der Waals surface area contributed by atoms with E-state index in [1.54, 1.807) is 0 Å². The third-order valence-corrected chi connectivity index (χ3v) is 5.37. The van der Waals surface area contributed by atoms with E-state index in [-0.39, 0.29) is 5.97 Å². The second-order valence-corrected chi connectivity index (χ2v) is 6.00. The van der Waals surface area contributed by atoms with Crippen LogP contribution in [0.2, 0.25) is 0 Å². The van der Waals surface area contributed by atoms with Crippen LogP contribution >= 0.6 is 0 Å². The summed E-state index contributed by atoms with van der Waals surface area (Å²) in [6.07, 6.45) is 10.2. The van der Waals surface area contributed by atoms with Gasteiger partial charge in [-0.15, -0.1) is 0 Å². The summed E-state index contributed by atoms with van der Waals surface area (Å²) in [4.78, 5) is 15.3. The van der Waals surface area contributed by atoms with Crippen molar-refractivity contribution in [1.82, 2.24) is 4.98 Å². The van der Waals surface area contributed by atoms with Crippen LogP contribution in [-0.4, -0.2) is 17.6 Å². The predicted molar refractivity (Wildman–Crippen MR) is 79.0 cm³/mol. The summed E-state index contributed by atoms with van der Waals surface area (Å²) in [7, 11) is 0. The number of carbonyl (C=O) groups is 1. The summed E-state index contributed by atoms with van der Waals surface area (Å²) < 4.78 is 5.20. The maximum absolute atomic E-state index is 12.2. The summed E-state index contributed by atoms with van der Waals surface area (Å²) in [5, 5.41) is 0. The molecule has 0 fully saturated rings. The van der Waals surface area contributed by atoms with Gasteiger partial charge in [-0.2, -0.15) is 0 Å². The maximum atomic E-state index is 12.2. The molecule has 20 heavy (non-hydrogen) atoms. The number of nitrogens with one attached hydrogen (secondary N) is 1. The van der Waals surface area contributed by atoms with E-state index in [2.05, 4.69) is 31.0 Å². The number of fused-ring (bicyclic) bond motifs is 1. The third kappa shape index (κ3) is 1.68. The fourth-order valence-corrected chi connectivity index (χ4v) is 4.14. The van der Waals surface area contributed by atoms with Crippen LogP contribution in [0, 0.1) is 5.41 Å². The zero-order valence-electron chi connectivity index (χ0n) is 12.5. The Kier molecular flexibility index (Phi) is 3.23. The second kappa shape index (κ2) is 4.80. The van der Waals surface area contributed by atoms with Crippen molar-refractivity contribution in [3.05, 3.63) is 35.2 Å². The van der Waals surface area contributed by atoms with Gasteiger partial charge in [-0.1, -0.05) is 26.0 Å². The van der Waals surface area contributed by atoms with Crippen LogP contribution in [0.5, 0.6) is 0 Å². The van der Waals surface area contributed by atoms with Gasteiger partial charge in [-0.25, -0.2) is 4.79 Å². The first-order chi connectivity index (χ1) is 9.66. The van der Waals surface area contributed by atoms with Gasteiger partial charge in [0.1, 0.15) is 5.69 Å². The Bertz CT molecular complexity index is 551. The lowest BCUT2D eigenvalue weighted by molar-refractivity contribution is 0.0515. The molecule has 0 saturated carbocycles. The van der Waals surface area contributed by atoms with E-state index in [0.29, 0.717) is 29.6 Å². The average molecular weight is 273 g/mol. The number of aromatic nitrogens is 1. The largest absolute Gasteiger partial charge is 0.461 e. The standard InChI is InChI=1S/C17H23NO2/c1-4-17(5-2)9-11-7-8-13(17)14-12(11)10-18-15(14)16(19)20-6-3/h7-8,10-11,13,18H,4-6,9H2,1-3H3. The van der Waals surface area contributed by atoms with Gasteiger partial charge in [0.25, 0.3) is 0 Å². The smallest absolute Gasteiger partial charge is 0.355 e. The van der Waals surface area contributed by atoms with Gasteiger partial charge in [0.15, 0.2) is 0 Å². The molecule has 3 aliphatic rings. The average Bonchev–Trinajstić information content (AvgIpc) is 2.94. The summed E-state index contributed by atoms with van der Waals surface area (Å²) in [6.45, 7) is 6.81. The minimum absolute atomic E-state index is 0.212. The van der Waals surface area contributed by atoms with Crippen molar-refractivity contribution in [3.63, 3.8) is 0 Å². The van der Waals surface area contributed by atoms with Crippen LogP contribution in [0.15, 0.2) is 18.3 Å². The Morgan fingerprint density at radius 3 is 2.75 bits per heavy atom. The molecule has 0 aliphatic heterocycles. The molecular weight excluding hydrogens is 250 g/mol. The van der Waals surface area contributed by atoms with E-state index in [4.69, 9.17) is 4.74 Å². The highest BCUT2D eigenvalue weighted by molar-refractivity contribution is 5.90. The van der Waals surface area contributed by atoms with Crippen LogP contribution in [0.1, 0.15) is 73.5 Å². The van der Waals surface area contributed by atoms with Gasteiger partial charge < -0.3 is 9.72 Å². The van der Waals surface area contributed by atoms with Crippen LogP contribution < -0.4 is 0 Å². The quantitative estimate of drug-likeness (QED) is 0.661. The zero-order chi connectivity index (χ0) is 14.3. The highest BCUT2D eigenvalue weighted by Gasteiger charge is 2.47. The number of rotatable bonds is 4. The number of esters is 1. The minimum Gasteiger partial charge on any atom is -0.461 e. The topological polar surface area (TPSA) is 42.1 Å². The fourth-order valence-electron chi connectivity index (χ4n) is 4.14. The number of hydrogen-bond acceptors (Lipinski definition) is 2. The van der Waals surface area contributed by atoms with Gasteiger partial charge in [0.2, 0.25) is 0 Å². The summed E-state index contributed by atoms with van der Waals surface area (Å²) >= 11 is 0. The van der Waals surface area contributed by atoms with Gasteiger partial charge in [0, 0.05) is 18.0 Å². The molecule has 0 aromatic carbocycles. The van der Waals surface area contributed by atoms with Gasteiger partial charge in [-0.3, -0.25) is 0 Å². The van der Waals surface area contributed by atoms with Crippen molar-refractivity contribution in [2.24, 2.45) is 5.41 Å². The number of aromatic amines is 1. The first-order valence-corrected chi connectivity index (χ1v) is 7.73. The molecule has 1 heterocycles. The molecule has 0 spiro atoms. The number of H-pyrrole nitrogens is 1. The first-order valence-electron chi connectivity index (χ1n) is 7.73. The first kappa shape index (κ1) is 13.5. The highest BCUT2D eigenvalue weighted by Crippen LogP contribution is 2.59. The molecule has 1 aromatic rings. The molecule has 2 bridgehead atoms. The third-order valence-electron chi connectivity index (χ3n) is 5.37. The molecule has 3 heteroatoms. The molecule has 0 saturated heterocycles. The lowest BCUT2D eigenvalue weighted by atomic mass is 9.55. The second-order valence-electron chi connectivity index (χ2n) is 6.00. The predicted octanol–water partition coefficient (Wildman–Crippen LogP) is 4.14. The molecule has 4 rings (SSSR count). The Labute approximate surface area is 120 Å². The minimum atomic E-state index is -0.212. The van der Waals surface area contributed by atoms with E-state index >= 15 is 0 Å². The Morgan fingerprint density at radius 2 is 2.10 bits per heavy atom. The lowest BCUT2D eigenvalue weighted by Crippen LogP contribution is -2.36. The maximum Gasteiger partial charge on any atom is 0.355 e. The van der Waals surface area contributed by atoms with Crippen molar-refractivity contribution in [1.29, 1.82) is 0 Å². The Hall–Kier alpha value is -1.51. The van der Waals surface area contributed by atoms with E-state index in [9.17, 15) is 4.79 Å². The van der Waals surface area contributed by atoms with Crippen LogP contribution in [-0.2, 0) is 4.74 Å². The molecule has 0 radical (unpaired) electrons. The molecule has 108 valence electrons. The molecule has 1 aromatic heterocycles. The SMILES string of the molecule is CCOC(=O)c1[nH]cc2c1C1C=CC2CC1(CC)CC. The summed E-state index contributed by atoms with van der Waals surface area (Å²) in [5.74, 6) is 0.591. The highest BCUT2D eigenvalue weighted by atomic mass is 16.5. The van der Waals surface area contributed by atoms with Crippen molar-refractivity contribution in [3.8, 4) is 0 Å². The van der Waals surface area contributed by atoms with E-state index < -0.39 is 0 Å². The van der Waals surface area contributed by atoms with E-state index in [0.717, 1.165) is 12.8 Å². The molecule has 3 nitrogen and oxygen atoms in total. The van der Waals surface area contributed by atoms with Gasteiger partial charge in [-0.05, 0) is 42.7 Å². The van der Waals surface area contributed by atoms with Crippen molar-refractivity contribution in [2.75, 3.05) is 6.61 Å². The van der Waals surface area contributed by atoms with Crippen molar-refractivity contribution < 1.29 is 9.53 Å². The lowest BCUT2D eigenvalue weighted by Gasteiger charge is -2.48. The zero-order valence-corrected chi connectivity index (χ0v) is 12.5. The molecule has 2 unspecified atom stereocenters. The normalized spacial score (nSPS) is 25.6. The number of allylic oxidation sites excluding steroid dienone is 2. The Balaban J connectivity index is 2.08. The number of hydrogen-bond donors (Lipinski definition) is 1. The number of carbonyl (C=O) groups excluding carboxylic acids is 1. The van der Waals surface area contributed by atoms with Crippen LogP contribution in [0.3, 0.4) is 0 Å². The summed E-state index contributed by atoms with van der Waals surface area (Å²) in [6, 6.07) is 0. The Morgan fingerprint density at radius 1 is 1.35 bits per heavy atom. The van der Waals surface area contributed by atoms with Crippen LogP contribution in [0.25, 0.3) is 0 Å². The van der Waals surface area contributed by atoms with E-state index in [1.807, 2.05) is 13.1 Å². The fraction of sp³-hybridized carbons (Fsp3) is 0.588. The molecule has 0 amide bonds. The number of ether oxygens (including phenoxy) is 1. The molecule has 2 atom stereocenters. The summed E-state index contributed by atoms with van der Waals surface area (Å²) in [5.41, 5.74) is 3.48. The molecular formula is C17H23NO2.